The third kappa shape index (κ3) is 4.91. The highest BCUT2D eigenvalue weighted by atomic mass is 79.9. The number of halogens is 1. The van der Waals surface area contributed by atoms with Crippen molar-refractivity contribution in [3.63, 3.8) is 0 Å². The molecule has 0 saturated carbocycles. The number of nitrogens with one attached hydrogen (secondary N) is 1. The Morgan fingerprint density at radius 2 is 2.00 bits per heavy atom. The van der Waals surface area contributed by atoms with Gasteiger partial charge in [-0.2, -0.15) is 0 Å². The average molecular weight is 328 g/mol. The monoisotopic (exact) mass is 327 g/mol. The quantitative estimate of drug-likeness (QED) is 0.817. The first kappa shape index (κ1) is 16.1. The summed E-state index contributed by atoms with van der Waals surface area (Å²) in [5.41, 5.74) is 0.572. The van der Waals surface area contributed by atoms with Crippen LogP contribution in [0.25, 0.3) is 0 Å². The van der Waals surface area contributed by atoms with Crippen molar-refractivity contribution in [2.75, 3.05) is 13.1 Å². The van der Waals surface area contributed by atoms with Crippen molar-refractivity contribution in [2.45, 2.75) is 39.8 Å². The Bertz CT molecular complexity index is 413. The van der Waals surface area contributed by atoms with Gasteiger partial charge in [0.1, 0.15) is 4.60 Å². The highest BCUT2D eigenvalue weighted by molar-refractivity contribution is 9.10. The summed E-state index contributed by atoms with van der Waals surface area (Å²) in [5.74, 6) is -0.0903. The molecule has 0 aliphatic carbocycles. The molecule has 0 atom stereocenters. The summed E-state index contributed by atoms with van der Waals surface area (Å²) in [6.07, 6.45) is 1.65. The summed E-state index contributed by atoms with van der Waals surface area (Å²) in [4.78, 5) is 18.4. The van der Waals surface area contributed by atoms with Crippen LogP contribution >= 0.6 is 15.9 Å². The van der Waals surface area contributed by atoms with E-state index < -0.39 is 0 Å². The second-order valence-electron chi connectivity index (χ2n) is 5.02. The normalized spacial score (nSPS) is 11.4. The summed E-state index contributed by atoms with van der Waals surface area (Å²) >= 11 is 3.28. The summed E-state index contributed by atoms with van der Waals surface area (Å²) in [6, 6.07) is 4.47. The van der Waals surface area contributed by atoms with E-state index in [4.69, 9.17) is 0 Å². The SMILES string of the molecule is CC(C)N(CCNC(=O)c1cccnc1Br)C(C)C. The first-order valence-electron chi connectivity index (χ1n) is 6.58. The zero-order valence-corrected chi connectivity index (χ0v) is 13.6. The van der Waals surface area contributed by atoms with Gasteiger partial charge in [0.15, 0.2) is 0 Å². The van der Waals surface area contributed by atoms with Crippen LogP contribution in [0.4, 0.5) is 0 Å². The Hall–Kier alpha value is -0.940. The average Bonchev–Trinajstić information content (AvgIpc) is 2.33. The van der Waals surface area contributed by atoms with Gasteiger partial charge in [0.05, 0.1) is 5.56 Å². The van der Waals surface area contributed by atoms with Crippen molar-refractivity contribution in [1.82, 2.24) is 15.2 Å². The Morgan fingerprint density at radius 1 is 1.37 bits per heavy atom. The van der Waals surface area contributed by atoms with E-state index in [2.05, 4.69) is 58.8 Å². The van der Waals surface area contributed by atoms with Crippen LogP contribution in [-0.2, 0) is 0 Å². The number of nitrogens with zero attached hydrogens (tertiary/aromatic N) is 2. The maximum Gasteiger partial charge on any atom is 0.254 e. The summed E-state index contributed by atoms with van der Waals surface area (Å²) in [6.45, 7) is 10.1. The van der Waals surface area contributed by atoms with Crippen molar-refractivity contribution in [1.29, 1.82) is 0 Å². The van der Waals surface area contributed by atoms with E-state index in [1.807, 2.05) is 0 Å². The number of hydrogen-bond acceptors (Lipinski definition) is 3. The minimum absolute atomic E-state index is 0.0903. The van der Waals surface area contributed by atoms with Gasteiger partial charge in [-0.05, 0) is 55.8 Å². The number of pyridine rings is 1. The van der Waals surface area contributed by atoms with Crippen molar-refractivity contribution < 1.29 is 4.79 Å². The molecular weight excluding hydrogens is 306 g/mol. The van der Waals surface area contributed by atoms with E-state index in [9.17, 15) is 4.79 Å². The fourth-order valence-electron chi connectivity index (χ4n) is 2.06. The molecule has 1 aromatic rings. The van der Waals surface area contributed by atoms with Gasteiger partial charge in [0, 0.05) is 31.4 Å². The molecule has 4 nitrogen and oxygen atoms in total. The van der Waals surface area contributed by atoms with Gasteiger partial charge in [0.25, 0.3) is 5.91 Å². The van der Waals surface area contributed by atoms with E-state index >= 15 is 0 Å². The van der Waals surface area contributed by atoms with E-state index in [-0.39, 0.29) is 5.91 Å². The van der Waals surface area contributed by atoms with Crippen LogP contribution in [-0.4, -0.2) is 41.0 Å². The number of carbonyl (C=O) groups excluding carboxylic acids is 1. The lowest BCUT2D eigenvalue weighted by molar-refractivity contribution is 0.0938. The molecule has 0 aliphatic heterocycles. The molecule has 0 fully saturated rings. The van der Waals surface area contributed by atoms with Gasteiger partial charge >= 0.3 is 0 Å². The molecule has 1 N–H and O–H groups in total. The zero-order chi connectivity index (χ0) is 14.4. The van der Waals surface area contributed by atoms with Crippen LogP contribution < -0.4 is 5.32 Å². The van der Waals surface area contributed by atoms with Crippen LogP contribution in [0.5, 0.6) is 0 Å². The van der Waals surface area contributed by atoms with Crippen LogP contribution in [0.2, 0.25) is 0 Å². The number of amides is 1. The Morgan fingerprint density at radius 3 is 2.53 bits per heavy atom. The maximum atomic E-state index is 12.0. The molecule has 106 valence electrons. The minimum Gasteiger partial charge on any atom is -0.351 e. The summed E-state index contributed by atoms with van der Waals surface area (Å²) in [5, 5.41) is 2.93. The Labute approximate surface area is 123 Å². The standard InChI is InChI=1S/C14H22BrN3O/c1-10(2)18(11(3)4)9-8-17-14(19)12-6-5-7-16-13(12)15/h5-7,10-11H,8-9H2,1-4H3,(H,17,19). The number of carbonyl (C=O) groups is 1. The summed E-state index contributed by atoms with van der Waals surface area (Å²) < 4.78 is 0.581. The fourth-order valence-corrected chi connectivity index (χ4v) is 2.49. The van der Waals surface area contributed by atoms with Crippen LogP contribution in [0.3, 0.4) is 0 Å². The molecule has 1 rings (SSSR count). The smallest absolute Gasteiger partial charge is 0.254 e. The second kappa shape index (κ2) is 7.60. The molecule has 0 saturated heterocycles. The van der Waals surface area contributed by atoms with E-state index in [1.54, 1.807) is 18.3 Å². The molecule has 0 aromatic carbocycles. The number of aromatic nitrogens is 1. The van der Waals surface area contributed by atoms with Crippen molar-refractivity contribution >= 4 is 21.8 Å². The third-order valence-corrected chi connectivity index (χ3v) is 3.62. The highest BCUT2D eigenvalue weighted by Gasteiger charge is 2.14. The number of rotatable bonds is 6. The molecule has 5 heteroatoms. The lowest BCUT2D eigenvalue weighted by Gasteiger charge is -2.30. The van der Waals surface area contributed by atoms with Crippen molar-refractivity contribution in [3.8, 4) is 0 Å². The Balaban J connectivity index is 2.49. The molecule has 1 aromatic heterocycles. The highest BCUT2D eigenvalue weighted by Crippen LogP contribution is 2.12. The van der Waals surface area contributed by atoms with E-state index in [0.717, 1.165) is 6.54 Å². The number of hydrogen-bond donors (Lipinski definition) is 1. The first-order valence-corrected chi connectivity index (χ1v) is 7.37. The Kier molecular flexibility index (Phi) is 6.45. The molecule has 0 spiro atoms. The lowest BCUT2D eigenvalue weighted by Crippen LogP contribution is -2.42. The molecule has 1 heterocycles. The predicted octanol–water partition coefficient (Wildman–Crippen LogP) is 2.69. The minimum atomic E-state index is -0.0903. The molecular formula is C14H22BrN3O. The van der Waals surface area contributed by atoms with E-state index in [0.29, 0.717) is 28.8 Å². The van der Waals surface area contributed by atoms with Crippen molar-refractivity contribution in [2.24, 2.45) is 0 Å². The molecule has 0 radical (unpaired) electrons. The molecule has 19 heavy (non-hydrogen) atoms. The van der Waals surface area contributed by atoms with Crippen LogP contribution in [0.1, 0.15) is 38.1 Å². The van der Waals surface area contributed by atoms with E-state index in [1.165, 1.54) is 0 Å². The first-order chi connectivity index (χ1) is 8.93. The lowest BCUT2D eigenvalue weighted by atomic mass is 10.2. The predicted molar refractivity (Wildman–Crippen MR) is 81.2 cm³/mol. The van der Waals surface area contributed by atoms with Crippen LogP contribution in [0, 0.1) is 0 Å². The van der Waals surface area contributed by atoms with Crippen LogP contribution in [0.15, 0.2) is 22.9 Å². The van der Waals surface area contributed by atoms with Gasteiger partial charge in [-0.1, -0.05) is 0 Å². The topological polar surface area (TPSA) is 45.2 Å². The van der Waals surface area contributed by atoms with Gasteiger partial charge in [-0.15, -0.1) is 0 Å². The zero-order valence-electron chi connectivity index (χ0n) is 12.0. The summed E-state index contributed by atoms with van der Waals surface area (Å²) in [7, 11) is 0. The largest absolute Gasteiger partial charge is 0.351 e. The maximum absolute atomic E-state index is 12.0. The molecule has 0 unspecified atom stereocenters. The second-order valence-corrected chi connectivity index (χ2v) is 5.77. The van der Waals surface area contributed by atoms with Gasteiger partial charge in [-0.3, -0.25) is 9.69 Å². The van der Waals surface area contributed by atoms with Crippen molar-refractivity contribution in [3.05, 3.63) is 28.5 Å². The molecule has 0 aliphatic rings. The molecule has 1 amide bonds. The van der Waals surface area contributed by atoms with Gasteiger partial charge < -0.3 is 5.32 Å². The van der Waals surface area contributed by atoms with Gasteiger partial charge in [0.2, 0.25) is 0 Å². The fraction of sp³-hybridized carbons (Fsp3) is 0.571. The van der Waals surface area contributed by atoms with Gasteiger partial charge in [-0.25, -0.2) is 4.98 Å². The third-order valence-electron chi connectivity index (χ3n) is 2.99. The molecule has 0 bridgehead atoms.